The molecule has 0 atom stereocenters. The Labute approximate surface area is 99.2 Å². The summed E-state index contributed by atoms with van der Waals surface area (Å²) in [6.45, 7) is 15.7. The summed E-state index contributed by atoms with van der Waals surface area (Å²) >= 11 is 0. The normalized spacial score (nSPS) is 13.7. The molecule has 0 bridgehead atoms. The zero-order valence-corrected chi connectivity index (χ0v) is 11.0. The third kappa shape index (κ3) is 5.35. The molecule has 0 saturated carbocycles. The van der Waals surface area contributed by atoms with Crippen LogP contribution in [0.1, 0.15) is 27.7 Å². The quantitative estimate of drug-likeness (QED) is 0.553. The first kappa shape index (κ1) is 14.4. The molecule has 0 aromatic rings. The Kier molecular flexibility index (Phi) is 6.16. The van der Waals surface area contributed by atoms with Gasteiger partial charge >= 0.3 is 0 Å². The highest BCUT2D eigenvalue weighted by Gasteiger charge is 1.97. The van der Waals surface area contributed by atoms with E-state index in [1.54, 1.807) is 6.20 Å². The van der Waals surface area contributed by atoms with Gasteiger partial charge in [0, 0.05) is 18.9 Å². The van der Waals surface area contributed by atoms with Crippen LogP contribution in [0.25, 0.3) is 0 Å². The number of aliphatic imine (C=N–C) groups is 1. The zero-order chi connectivity index (χ0) is 12.7. The maximum Gasteiger partial charge on any atom is 0.0656 e. The Bertz CT molecular complexity index is 368. The van der Waals surface area contributed by atoms with E-state index in [0.29, 0.717) is 0 Å². The number of hydrogen-bond acceptors (Lipinski definition) is 2. The van der Waals surface area contributed by atoms with E-state index in [0.717, 1.165) is 28.1 Å². The van der Waals surface area contributed by atoms with Crippen LogP contribution < -0.4 is 5.32 Å². The maximum atomic E-state index is 4.39. The van der Waals surface area contributed by atoms with Gasteiger partial charge in [0.25, 0.3) is 0 Å². The Hall–Kier alpha value is -1.57. The highest BCUT2D eigenvalue weighted by molar-refractivity contribution is 6.08. The van der Waals surface area contributed by atoms with E-state index in [1.807, 2.05) is 40.8 Å². The summed E-state index contributed by atoms with van der Waals surface area (Å²) in [7, 11) is 1.87. The van der Waals surface area contributed by atoms with Crippen molar-refractivity contribution in [3.05, 3.63) is 47.9 Å². The van der Waals surface area contributed by atoms with Crippen LogP contribution in [0.5, 0.6) is 0 Å². The van der Waals surface area contributed by atoms with Crippen LogP contribution in [0, 0.1) is 0 Å². The van der Waals surface area contributed by atoms with Crippen LogP contribution in [0.2, 0.25) is 0 Å². The third-order valence-electron chi connectivity index (χ3n) is 2.26. The van der Waals surface area contributed by atoms with Crippen LogP contribution in [0.4, 0.5) is 0 Å². The molecule has 0 aliphatic heterocycles. The molecular weight excluding hydrogens is 196 g/mol. The number of nitrogens with zero attached hydrogens (tertiary/aromatic N) is 1. The fourth-order valence-electron chi connectivity index (χ4n) is 0.830. The fourth-order valence-corrected chi connectivity index (χ4v) is 0.830. The lowest BCUT2D eigenvalue weighted by atomic mass is 10.1. The van der Waals surface area contributed by atoms with E-state index in [-0.39, 0.29) is 0 Å². The fraction of sp³-hybridized carbons (Fsp3) is 0.357. The first-order chi connectivity index (χ1) is 7.38. The molecule has 0 spiro atoms. The third-order valence-corrected chi connectivity index (χ3v) is 2.26. The summed E-state index contributed by atoms with van der Waals surface area (Å²) in [6.07, 6.45) is 3.80. The highest BCUT2D eigenvalue weighted by Crippen LogP contribution is 2.08. The summed E-state index contributed by atoms with van der Waals surface area (Å²) in [5, 5.41) is 3.02. The van der Waals surface area contributed by atoms with Gasteiger partial charge in [-0.3, -0.25) is 4.99 Å². The molecular formula is C14H22N2. The SMILES string of the molecule is C=C(C)C(/C=C(\C)C(=C)C)=N\C=C(/C)NC. The van der Waals surface area contributed by atoms with Crippen molar-refractivity contribution < 1.29 is 0 Å². The van der Waals surface area contributed by atoms with Crippen molar-refractivity contribution in [2.24, 2.45) is 4.99 Å². The van der Waals surface area contributed by atoms with Crippen molar-refractivity contribution in [1.82, 2.24) is 5.32 Å². The Balaban J connectivity index is 5.12. The average Bonchev–Trinajstić information content (AvgIpc) is 2.22. The average molecular weight is 218 g/mol. The van der Waals surface area contributed by atoms with Crippen molar-refractivity contribution in [2.75, 3.05) is 7.05 Å². The lowest BCUT2D eigenvalue weighted by Crippen LogP contribution is -2.02. The minimum atomic E-state index is 0.884. The van der Waals surface area contributed by atoms with Gasteiger partial charge in [-0.25, -0.2) is 0 Å². The number of hydrogen-bond donors (Lipinski definition) is 1. The molecule has 0 aromatic heterocycles. The molecule has 0 rings (SSSR count). The molecule has 0 unspecified atom stereocenters. The number of allylic oxidation sites excluding steroid dienone is 5. The smallest absolute Gasteiger partial charge is 0.0656 e. The summed E-state index contributed by atoms with van der Waals surface area (Å²) in [5.41, 5.74) is 5.01. The summed E-state index contributed by atoms with van der Waals surface area (Å²) in [6, 6.07) is 0. The molecule has 0 aromatic carbocycles. The predicted molar refractivity (Wildman–Crippen MR) is 73.6 cm³/mol. The monoisotopic (exact) mass is 218 g/mol. The Morgan fingerprint density at radius 2 is 1.62 bits per heavy atom. The van der Waals surface area contributed by atoms with Gasteiger partial charge in [-0.05, 0) is 44.9 Å². The van der Waals surface area contributed by atoms with Crippen molar-refractivity contribution >= 4 is 5.71 Å². The highest BCUT2D eigenvalue weighted by atomic mass is 14.9. The first-order valence-electron chi connectivity index (χ1n) is 5.30. The van der Waals surface area contributed by atoms with Gasteiger partial charge in [0.15, 0.2) is 0 Å². The molecule has 2 heteroatoms. The number of nitrogens with one attached hydrogen (secondary N) is 1. The maximum absolute atomic E-state index is 4.39. The largest absolute Gasteiger partial charge is 0.390 e. The van der Waals surface area contributed by atoms with E-state index in [4.69, 9.17) is 0 Å². The van der Waals surface area contributed by atoms with Gasteiger partial charge in [-0.15, -0.1) is 0 Å². The second-order valence-electron chi connectivity index (χ2n) is 3.96. The molecule has 1 N–H and O–H groups in total. The molecule has 0 heterocycles. The second kappa shape index (κ2) is 6.83. The van der Waals surface area contributed by atoms with Crippen LogP contribution >= 0.6 is 0 Å². The molecule has 0 aliphatic rings. The molecule has 0 fully saturated rings. The van der Waals surface area contributed by atoms with Crippen molar-refractivity contribution in [1.29, 1.82) is 0 Å². The van der Waals surface area contributed by atoms with Crippen LogP contribution in [0.15, 0.2) is 52.8 Å². The van der Waals surface area contributed by atoms with Gasteiger partial charge < -0.3 is 5.32 Å². The van der Waals surface area contributed by atoms with E-state index < -0.39 is 0 Å². The minimum Gasteiger partial charge on any atom is -0.390 e. The zero-order valence-electron chi connectivity index (χ0n) is 11.0. The lowest BCUT2D eigenvalue weighted by Gasteiger charge is -2.03. The van der Waals surface area contributed by atoms with Crippen molar-refractivity contribution in [3.63, 3.8) is 0 Å². The summed E-state index contributed by atoms with van der Waals surface area (Å²) in [5.74, 6) is 0. The molecule has 88 valence electrons. The molecule has 0 radical (unpaired) electrons. The van der Waals surface area contributed by atoms with Crippen molar-refractivity contribution in [3.8, 4) is 0 Å². The van der Waals surface area contributed by atoms with E-state index >= 15 is 0 Å². The van der Waals surface area contributed by atoms with Gasteiger partial charge in [-0.1, -0.05) is 18.7 Å². The van der Waals surface area contributed by atoms with Crippen LogP contribution in [-0.4, -0.2) is 12.8 Å². The summed E-state index contributed by atoms with van der Waals surface area (Å²) in [4.78, 5) is 4.39. The molecule has 0 aliphatic carbocycles. The van der Waals surface area contributed by atoms with E-state index in [1.165, 1.54) is 0 Å². The first-order valence-corrected chi connectivity index (χ1v) is 5.30. The topological polar surface area (TPSA) is 24.4 Å². The number of rotatable bonds is 5. The van der Waals surface area contributed by atoms with Gasteiger partial charge in [-0.2, -0.15) is 0 Å². The molecule has 0 saturated heterocycles. The van der Waals surface area contributed by atoms with Crippen molar-refractivity contribution in [2.45, 2.75) is 27.7 Å². The van der Waals surface area contributed by atoms with E-state index in [9.17, 15) is 0 Å². The predicted octanol–water partition coefficient (Wildman–Crippen LogP) is 3.61. The minimum absolute atomic E-state index is 0.884. The molecule has 2 nitrogen and oxygen atoms in total. The second-order valence-corrected chi connectivity index (χ2v) is 3.96. The molecule has 0 amide bonds. The van der Waals surface area contributed by atoms with Crippen LogP contribution in [0.3, 0.4) is 0 Å². The Morgan fingerprint density at radius 3 is 2.00 bits per heavy atom. The van der Waals surface area contributed by atoms with E-state index in [2.05, 4.69) is 23.5 Å². The van der Waals surface area contributed by atoms with Gasteiger partial charge in [0.2, 0.25) is 0 Å². The summed E-state index contributed by atoms with van der Waals surface area (Å²) < 4.78 is 0. The van der Waals surface area contributed by atoms with Gasteiger partial charge in [0.05, 0.1) is 5.71 Å². The van der Waals surface area contributed by atoms with Crippen LogP contribution in [-0.2, 0) is 0 Å². The standard InChI is InChI=1S/C14H22N2/c1-10(2)12(5)8-14(11(3)4)16-9-13(6)15-7/h8-9,15H,1,3H2,2,4-7H3/b12-8+,13-9+,16-14-. The van der Waals surface area contributed by atoms with Gasteiger partial charge in [0.1, 0.15) is 0 Å². The lowest BCUT2D eigenvalue weighted by molar-refractivity contribution is 0.981. The molecule has 16 heavy (non-hydrogen) atoms. The Morgan fingerprint density at radius 1 is 1.06 bits per heavy atom.